The number of pyridine rings is 1. The highest BCUT2D eigenvalue weighted by Gasteiger charge is 2.21. The molecule has 0 spiro atoms. The molecule has 3 rings (SSSR count). The molecule has 0 N–H and O–H groups in total. The van der Waals surface area contributed by atoms with Crippen LogP contribution in [0.4, 0.5) is 0 Å². The molecule has 1 atom stereocenters. The number of rotatable bonds is 1. The summed E-state index contributed by atoms with van der Waals surface area (Å²) in [6.45, 7) is 2.73. The quantitative estimate of drug-likeness (QED) is 0.733. The number of nitrogens with zero attached hydrogens (tertiary/aromatic N) is 1. The van der Waals surface area contributed by atoms with Crippen molar-refractivity contribution < 1.29 is 9.47 Å². The molecule has 2 heterocycles. The first-order valence-corrected chi connectivity index (χ1v) is 5.55. The molecule has 1 aliphatic rings. The number of aromatic nitrogens is 1. The van der Waals surface area contributed by atoms with Crippen LogP contribution in [0.2, 0.25) is 0 Å². The molecule has 16 heavy (non-hydrogen) atoms. The van der Waals surface area contributed by atoms with Gasteiger partial charge in [0, 0.05) is 11.6 Å². The first-order chi connectivity index (χ1) is 7.88. The van der Waals surface area contributed by atoms with Gasteiger partial charge in [0.05, 0.1) is 5.52 Å². The molecule has 0 bridgehead atoms. The zero-order valence-corrected chi connectivity index (χ0v) is 9.14. The summed E-state index contributed by atoms with van der Waals surface area (Å²) >= 11 is 0. The van der Waals surface area contributed by atoms with E-state index in [0.717, 1.165) is 28.8 Å². The fourth-order valence-corrected chi connectivity index (χ4v) is 1.93. The highest BCUT2D eigenvalue weighted by molar-refractivity contribution is 5.87. The van der Waals surface area contributed by atoms with Crippen LogP contribution < -0.4 is 9.47 Å². The Labute approximate surface area is 94.0 Å². The van der Waals surface area contributed by atoms with Crippen LogP contribution in [0.25, 0.3) is 10.9 Å². The second-order valence-corrected chi connectivity index (χ2v) is 3.92. The maximum absolute atomic E-state index is 5.93. The summed E-state index contributed by atoms with van der Waals surface area (Å²) in [6, 6.07) is 7.82. The van der Waals surface area contributed by atoms with Crippen molar-refractivity contribution in [2.45, 2.75) is 19.4 Å². The number of fused-ring (bicyclic) bond motifs is 3. The summed E-state index contributed by atoms with van der Waals surface area (Å²) in [4.78, 5) is 4.30. The van der Waals surface area contributed by atoms with Crippen LogP contribution in [0.3, 0.4) is 0 Å². The zero-order chi connectivity index (χ0) is 11.0. The van der Waals surface area contributed by atoms with Gasteiger partial charge in [-0.1, -0.05) is 6.92 Å². The lowest BCUT2D eigenvalue weighted by Gasteiger charge is -2.26. The van der Waals surface area contributed by atoms with Crippen molar-refractivity contribution in [3.8, 4) is 11.5 Å². The first-order valence-electron chi connectivity index (χ1n) is 5.55. The smallest absolute Gasteiger partial charge is 0.171 e. The molecule has 1 unspecified atom stereocenters. The van der Waals surface area contributed by atoms with Crippen molar-refractivity contribution in [3.63, 3.8) is 0 Å². The summed E-state index contributed by atoms with van der Waals surface area (Å²) in [5.41, 5.74) is 0.946. The SMILES string of the molecule is CCC1COc2ccc3ncccc3c2O1. The van der Waals surface area contributed by atoms with Gasteiger partial charge in [0.2, 0.25) is 0 Å². The monoisotopic (exact) mass is 215 g/mol. The Morgan fingerprint density at radius 1 is 1.38 bits per heavy atom. The molecular weight excluding hydrogens is 202 g/mol. The zero-order valence-electron chi connectivity index (χ0n) is 9.14. The third kappa shape index (κ3) is 1.40. The van der Waals surface area contributed by atoms with Gasteiger partial charge >= 0.3 is 0 Å². The van der Waals surface area contributed by atoms with E-state index in [1.54, 1.807) is 6.20 Å². The van der Waals surface area contributed by atoms with Crippen LogP contribution in [0.5, 0.6) is 11.5 Å². The van der Waals surface area contributed by atoms with Gasteiger partial charge in [-0.25, -0.2) is 0 Å². The average Bonchev–Trinajstić information content (AvgIpc) is 2.38. The molecule has 3 heteroatoms. The molecule has 0 aliphatic carbocycles. The molecule has 0 fully saturated rings. The van der Waals surface area contributed by atoms with Gasteiger partial charge in [-0.05, 0) is 30.7 Å². The maximum atomic E-state index is 5.93. The Balaban J connectivity index is 2.17. The Kier molecular flexibility index (Phi) is 2.17. The summed E-state index contributed by atoms with van der Waals surface area (Å²) in [6.07, 6.45) is 2.89. The predicted molar refractivity (Wildman–Crippen MR) is 61.9 cm³/mol. The highest BCUT2D eigenvalue weighted by Crippen LogP contribution is 2.38. The van der Waals surface area contributed by atoms with E-state index < -0.39 is 0 Å². The third-order valence-electron chi connectivity index (χ3n) is 2.86. The lowest BCUT2D eigenvalue weighted by Crippen LogP contribution is -2.28. The van der Waals surface area contributed by atoms with Crippen LogP contribution in [0.15, 0.2) is 30.5 Å². The van der Waals surface area contributed by atoms with Gasteiger partial charge in [0.25, 0.3) is 0 Å². The minimum Gasteiger partial charge on any atom is -0.486 e. The number of hydrogen-bond acceptors (Lipinski definition) is 3. The largest absolute Gasteiger partial charge is 0.486 e. The fourth-order valence-electron chi connectivity index (χ4n) is 1.93. The van der Waals surface area contributed by atoms with Crippen LogP contribution in [0, 0.1) is 0 Å². The Hall–Kier alpha value is -1.77. The second kappa shape index (κ2) is 3.67. The summed E-state index contributed by atoms with van der Waals surface area (Å²) < 4.78 is 11.6. The summed E-state index contributed by atoms with van der Waals surface area (Å²) in [5.74, 6) is 1.66. The van der Waals surface area contributed by atoms with E-state index in [0.29, 0.717) is 6.61 Å². The van der Waals surface area contributed by atoms with E-state index in [-0.39, 0.29) is 6.10 Å². The van der Waals surface area contributed by atoms with Gasteiger partial charge in [0.15, 0.2) is 11.5 Å². The molecule has 1 aromatic heterocycles. The summed E-state index contributed by atoms with van der Waals surface area (Å²) in [7, 11) is 0. The molecule has 0 saturated heterocycles. The molecule has 3 nitrogen and oxygen atoms in total. The Morgan fingerprint density at radius 3 is 3.19 bits per heavy atom. The van der Waals surface area contributed by atoms with Gasteiger partial charge in [0.1, 0.15) is 12.7 Å². The third-order valence-corrected chi connectivity index (χ3v) is 2.86. The lowest BCUT2D eigenvalue weighted by atomic mass is 10.1. The topological polar surface area (TPSA) is 31.4 Å². The first kappa shape index (κ1) is 9.46. The second-order valence-electron chi connectivity index (χ2n) is 3.92. The minimum absolute atomic E-state index is 0.151. The van der Waals surface area contributed by atoms with Crippen LogP contribution >= 0.6 is 0 Å². The van der Waals surface area contributed by atoms with Gasteiger partial charge in [-0.15, -0.1) is 0 Å². The van der Waals surface area contributed by atoms with Gasteiger partial charge < -0.3 is 9.47 Å². The maximum Gasteiger partial charge on any atom is 0.171 e. The molecule has 1 aliphatic heterocycles. The predicted octanol–water partition coefficient (Wildman–Crippen LogP) is 2.78. The molecule has 1 aromatic carbocycles. The lowest BCUT2D eigenvalue weighted by molar-refractivity contribution is 0.0905. The molecule has 2 aromatic rings. The Bertz CT molecular complexity index is 524. The Morgan fingerprint density at radius 2 is 2.31 bits per heavy atom. The highest BCUT2D eigenvalue weighted by atomic mass is 16.6. The van der Waals surface area contributed by atoms with Crippen LogP contribution in [-0.2, 0) is 0 Å². The number of ether oxygens (including phenoxy) is 2. The molecule has 0 saturated carbocycles. The number of hydrogen-bond donors (Lipinski definition) is 0. The van der Waals surface area contributed by atoms with Crippen molar-refractivity contribution in [1.82, 2.24) is 4.98 Å². The fraction of sp³-hybridized carbons (Fsp3) is 0.308. The molecule has 0 radical (unpaired) electrons. The van der Waals surface area contributed by atoms with Crippen molar-refractivity contribution in [3.05, 3.63) is 30.5 Å². The van der Waals surface area contributed by atoms with Crippen LogP contribution in [-0.4, -0.2) is 17.7 Å². The van der Waals surface area contributed by atoms with Crippen molar-refractivity contribution in [1.29, 1.82) is 0 Å². The van der Waals surface area contributed by atoms with Crippen molar-refractivity contribution >= 4 is 10.9 Å². The normalized spacial score (nSPS) is 18.7. The summed E-state index contributed by atoms with van der Waals surface area (Å²) in [5, 5.41) is 1.03. The molecular formula is C13H13NO2. The van der Waals surface area contributed by atoms with E-state index in [4.69, 9.17) is 9.47 Å². The van der Waals surface area contributed by atoms with Crippen molar-refractivity contribution in [2.24, 2.45) is 0 Å². The van der Waals surface area contributed by atoms with Gasteiger partial charge in [-0.3, -0.25) is 4.98 Å². The average molecular weight is 215 g/mol. The molecule has 0 amide bonds. The number of benzene rings is 1. The van der Waals surface area contributed by atoms with Crippen LogP contribution in [0.1, 0.15) is 13.3 Å². The van der Waals surface area contributed by atoms with Gasteiger partial charge in [-0.2, -0.15) is 0 Å². The van der Waals surface area contributed by atoms with E-state index in [2.05, 4.69) is 11.9 Å². The molecule has 82 valence electrons. The van der Waals surface area contributed by atoms with E-state index in [1.807, 2.05) is 24.3 Å². The van der Waals surface area contributed by atoms with E-state index in [9.17, 15) is 0 Å². The van der Waals surface area contributed by atoms with Crippen molar-refractivity contribution in [2.75, 3.05) is 6.61 Å². The minimum atomic E-state index is 0.151. The standard InChI is InChI=1S/C13H13NO2/c1-2-9-8-15-12-6-5-11-10(13(12)16-9)4-3-7-14-11/h3-7,9H,2,8H2,1H3. The van der Waals surface area contributed by atoms with E-state index >= 15 is 0 Å². The van der Waals surface area contributed by atoms with E-state index in [1.165, 1.54) is 0 Å².